The molecule has 1 atom stereocenters. The Hall–Kier alpha value is 0.520. The van der Waals surface area contributed by atoms with Gasteiger partial charge in [-0.25, -0.2) is 0 Å². The molecule has 37 heavy (non-hydrogen) atoms. The van der Waals surface area contributed by atoms with Crippen molar-refractivity contribution in [2.75, 3.05) is 19.8 Å². The molecule has 0 rings (SSSR count). The molecular weight excluding hydrogens is 523 g/mol. The van der Waals surface area contributed by atoms with E-state index in [1.807, 2.05) is 0 Å². The number of phosphoric ester groups is 1. The van der Waals surface area contributed by atoms with E-state index in [1.165, 1.54) is 6.92 Å². The van der Waals surface area contributed by atoms with Crippen molar-refractivity contribution in [1.82, 2.24) is 5.32 Å². The maximum atomic E-state index is 12.0. The summed E-state index contributed by atoms with van der Waals surface area (Å²) >= 11 is 0. The van der Waals surface area contributed by atoms with Gasteiger partial charge in [0, 0.05) is 26.3 Å². The first kappa shape index (κ1) is 42.0. The van der Waals surface area contributed by atoms with Gasteiger partial charge in [0.15, 0.2) is 6.10 Å². The summed E-state index contributed by atoms with van der Waals surface area (Å²) < 4.78 is 25.2. The van der Waals surface area contributed by atoms with Gasteiger partial charge in [0.25, 0.3) is 0 Å². The number of esters is 2. The summed E-state index contributed by atoms with van der Waals surface area (Å²) in [5, 5.41) is 2.77. The molecule has 0 saturated heterocycles. The molecule has 0 aromatic carbocycles. The van der Waals surface area contributed by atoms with E-state index in [4.69, 9.17) is 9.47 Å². The summed E-state index contributed by atoms with van der Waals surface area (Å²) in [5.74, 6) is -1.03. The normalized spacial score (nSPS) is 11.6. The Morgan fingerprint density at radius 3 is 1.76 bits per heavy atom. The molecule has 13 heteroatoms. The molecule has 0 saturated carbocycles. The fourth-order valence-electron chi connectivity index (χ4n) is 3.39. The van der Waals surface area contributed by atoms with Crippen LogP contribution in [0.1, 0.15) is 110 Å². The van der Waals surface area contributed by atoms with Crippen LogP contribution >= 0.6 is 7.82 Å². The molecule has 0 fully saturated rings. The predicted octanol–water partition coefficient (Wildman–Crippen LogP) is -2.70. The topological polar surface area (TPSA) is 154 Å². The monoisotopic (exact) mass is 567 g/mol. The first-order valence-electron chi connectivity index (χ1n) is 12.9. The Morgan fingerprint density at radius 2 is 1.24 bits per heavy atom. The Labute approximate surface area is 266 Å². The first-order valence-corrected chi connectivity index (χ1v) is 14.4. The van der Waals surface area contributed by atoms with Gasteiger partial charge in [0.1, 0.15) is 6.61 Å². The fraction of sp³-hybridized carbons (Fsp3) is 0.875. The third-order valence-corrected chi connectivity index (χ3v) is 5.78. The van der Waals surface area contributed by atoms with Gasteiger partial charge < -0.3 is 33.7 Å². The van der Waals surface area contributed by atoms with Crippen LogP contribution in [0.15, 0.2) is 0 Å². The van der Waals surface area contributed by atoms with Crippen molar-refractivity contribution in [3.63, 3.8) is 0 Å². The quantitative estimate of drug-likeness (QED) is 0.0601. The number of ether oxygens (including phenoxy) is 2. The van der Waals surface area contributed by atoms with Gasteiger partial charge in [0.05, 0.1) is 14.4 Å². The summed E-state index contributed by atoms with van der Waals surface area (Å²) in [7, 11) is -5.24. The van der Waals surface area contributed by atoms with Crippen molar-refractivity contribution in [3.05, 3.63) is 0 Å². The number of amides is 1. The summed E-state index contributed by atoms with van der Waals surface area (Å²) in [6, 6.07) is 0. The minimum atomic E-state index is -5.24. The largest absolute Gasteiger partial charge is 1.00 e. The van der Waals surface area contributed by atoms with Crippen LogP contribution in [0.5, 0.6) is 0 Å². The molecule has 0 aliphatic heterocycles. The van der Waals surface area contributed by atoms with E-state index in [0.717, 1.165) is 77.2 Å². The van der Waals surface area contributed by atoms with Gasteiger partial charge >= 0.3 is 71.1 Å². The average molecular weight is 568 g/mol. The van der Waals surface area contributed by atoms with E-state index in [9.17, 15) is 28.7 Å². The van der Waals surface area contributed by atoms with Crippen molar-refractivity contribution in [2.24, 2.45) is 0 Å². The Kier molecular flexibility index (Phi) is 31.9. The maximum absolute atomic E-state index is 12.0. The maximum Gasteiger partial charge on any atom is 1.00 e. The standard InChI is InChI=1S/C24H46NO9P.2Na/c1-3-4-5-10-14-17-24(28)34-22(20-33-35(29,30)31)19-32-23(27)16-13-11-8-6-7-9-12-15-18-25-21(2)26;;/h22H,3-20H2,1-2H3,(H,25,26)(H2,29,30,31);;/q;2*+1/p-2/t22-;;/m1../s1. The second-order valence-electron chi connectivity index (χ2n) is 8.76. The third-order valence-electron chi connectivity index (χ3n) is 5.31. The van der Waals surface area contributed by atoms with E-state index in [2.05, 4.69) is 16.8 Å². The zero-order valence-electron chi connectivity index (χ0n) is 23.4. The molecular formula is C24H44NNa2O9P. The van der Waals surface area contributed by atoms with Gasteiger partial charge in [-0.3, -0.25) is 14.4 Å². The molecule has 0 unspecified atom stereocenters. The second-order valence-corrected chi connectivity index (χ2v) is 9.92. The number of nitrogens with one attached hydrogen (secondary N) is 1. The first-order chi connectivity index (χ1) is 16.6. The van der Waals surface area contributed by atoms with E-state index >= 15 is 0 Å². The van der Waals surface area contributed by atoms with Crippen LogP contribution in [-0.4, -0.2) is 43.7 Å². The van der Waals surface area contributed by atoms with Crippen molar-refractivity contribution in [1.29, 1.82) is 0 Å². The number of hydrogen-bond acceptors (Lipinski definition) is 9. The zero-order chi connectivity index (χ0) is 26.4. The van der Waals surface area contributed by atoms with Crippen LogP contribution in [0, 0.1) is 0 Å². The number of carbonyl (C=O) groups excluding carboxylic acids is 3. The van der Waals surface area contributed by atoms with Crippen molar-refractivity contribution < 1.29 is 102 Å². The number of phosphoric acid groups is 1. The van der Waals surface area contributed by atoms with Gasteiger partial charge in [0.2, 0.25) is 5.91 Å². The number of carbonyl (C=O) groups is 3. The van der Waals surface area contributed by atoms with Crippen LogP contribution in [0.4, 0.5) is 0 Å². The molecule has 0 aliphatic rings. The number of rotatable bonds is 23. The minimum Gasteiger partial charge on any atom is -0.790 e. The van der Waals surface area contributed by atoms with E-state index in [1.54, 1.807) is 0 Å². The Bertz CT molecular complexity index is 635. The van der Waals surface area contributed by atoms with E-state index in [-0.39, 0.29) is 84.5 Å². The zero-order valence-corrected chi connectivity index (χ0v) is 28.3. The van der Waals surface area contributed by atoms with E-state index in [0.29, 0.717) is 12.8 Å². The molecule has 0 radical (unpaired) electrons. The molecule has 206 valence electrons. The molecule has 10 nitrogen and oxygen atoms in total. The van der Waals surface area contributed by atoms with Gasteiger partial charge in [-0.05, 0) is 19.3 Å². The SMILES string of the molecule is CCCCCCCC(=O)O[C@H](COC(=O)CCCCCCCCCCNC(C)=O)COP(=O)([O-])[O-].[Na+].[Na+]. The average Bonchev–Trinajstić information content (AvgIpc) is 2.78. The van der Waals surface area contributed by atoms with Crippen LogP contribution in [0.3, 0.4) is 0 Å². The van der Waals surface area contributed by atoms with Gasteiger partial charge in [-0.15, -0.1) is 0 Å². The van der Waals surface area contributed by atoms with Crippen LogP contribution in [0.2, 0.25) is 0 Å². The molecule has 1 amide bonds. The molecule has 0 aliphatic carbocycles. The minimum absolute atomic E-state index is 0. The van der Waals surface area contributed by atoms with Crippen LogP contribution in [-0.2, 0) is 32.9 Å². The summed E-state index contributed by atoms with van der Waals surface area (Å²) in [6.07, 6.45) is 11.9. The molecule has 0 spiro atoms. The number of hydrogen-bond donors (Lipinski definition) is 1. The summed E-state index contributed by atoms with van der Waals surface area (Å²) in [5.41, 5.74) is 0. The van der Waals surface area contributed by atoms with Crippen LogP contribution < -0.4 is 74.2 Å². The number of unbranched alkanes of at least 4 members (excludes halogenated alkanes) is 11. The van der Waals surface area contributed by atoms with Crippen molar-refractivity contribution in [2.45, 2.75) is 116 Å². The molecule has 0 bridgehead atoms. The predicted molar refractivity (Wildman–Crippen MR) is 128 cm³/mol. The Morgan fingerprint density at radius 1 is 0.757 bits per heavy atom. The van der Waals surface area contributed by atoms with Gasteiger partial charge in [-0.1, -0.05) is 71.1 Å². The third kappa shape index (κ3) is 32.6. The Balaban J connectivity index is -0.00000578. The molecule has 0 aromatic rings. The van der Waals surface area contributed by atoms with Crippen LogP contribution in [0.25, 0.3) is 0 Å². The van der Waals surface area contributed by atoms with E-state index < -0.39 is 32.5 Å². The van der Waals surface area contributed by atoms with Crippen molar-refractivity contribution in [3.8, 4) is 0 Å². The van der Waals surface area contributed by atoms with Gasteiger partial charge in [-0.2, -0.15) is 0 Å². The smallest absolute Gasteiger partial charge is 0.790 e. The summed E-state index contributed by atoms with van der Waals surface area (Å²) in [6.45, 7) is 3.28. The molecule has 0 aromatic heterocycles. The molecule has 0 heterocycles. The summed E-state index contributed by atoms with van der Waals surface area (Å²) in [4.78, 5) is 56.3. The molecule has 1 N–H and O–H groups in total. The fourth-order valence-corrected chi connectivity index (χ4v) is 3.73. The second kappa shape index (κ2) is 28.1. The van der Waals surface area contributed by atoms with Crippen molar-refractivity contribution >= 4 is 25.7 Å².